The van der Waals surface area contributed by atoms with E-state index in [9.17, 15) is 5.11 Å². The number of aromatic nitrogens is 4. The first kappa shape index (κ1) is 17.8. The second kappa shape index (κ2) is 6.25. The molecule has 3 aromatic heterocycles. The number of imidazole rings is 1. The van der Waals surface area contributed by atoms with E-state index in [4.69, 9.17) is 9.51 Å². The molecule has 2 aliphatic carbocycles. The van der Waals surface area contributed by atoms with Gasteiger partial charge >= 0.3 is 0 Å². The van der Waals surface area contributed by atoms with Crippen LogP contribution < -0.4 is 0 Å². The summed E-state index contributed by atoms with van der Waals surface area (Å²) in [6.45, 7) is 3.88. The molecule has 4 aromatic rings. The van der Waals surface area contributed by atoms with Crippen LogP contribution in [0.25, 0.3) is 22.2 Å². The molecule has 2 aliphatic rings. The molecule has 0 bridgehead atoms. The summed E-state index contributed by atoms with van der Waals surface area (Å²) in [5.41, 5.74) is 5.15. The maximum atomic E-state index is 12.2. The van der Waals surface area contributed by atoms with Crippen molar-refractivity contribution in [2.75, 3.05) is 0 Å². The van der Waals surface area contributed by atoms with Crippen LogP contribution in [0.1, 0.15) is 60.0 Å². The lowest BCUT2D eigenvalue weighted by Gasteiger charge is -2.30. The molecule has 152 valence electrons. The van der Waals surface area contributed by atoms with Gasteiger partial charge in [-0.3, -0.25) is 4.98 Å². The van der Waals surface area contributed by atoms with E-state index < -0.39 is 5.60 Å². The van der Waals surface area contributed by atoms with Crippen molar-refractivity contribution < 1.29 is 9.63 Å². The molecule has 6 rings (SSSR count). The third kappa shape index (κ3) is 2.63. The smallest absolute Gasteiger partial charge is 0.141 e. The molecule has 2 fully saturated rings. The Morgan fingerprint density at radius 2 is 2.00 bits per heavy atom. The fourth-order valence-corrected chi connectivity index (χ4v) is 4.72. The topological polar surface area (TPSA) is 87.8 Å². The second-order valence-corrected chi connectivity index (χ2v) is 8.80. The minimum absolute atomic E-state index is 0.158. The largest absolute Gasteiger partial charge is 0.380 e. The summed E-state index contributed by atoms with van der Waals surface area (Å²) in [5, 5.41) is 16.3. The minimum Gasteiger partial charge on any atom is -0.380 e. The average molecular weight is 400 g/mol. The lowest BCUT2D eigenvalue weighted by molar-refractivity contribution is 0.0575. The highest BCUT2D eigenvalue weighted by Crippen LogP contribution is 2.52. The number of benzene rings is 1. The van der Waals surface area contributed by atoms with Crippen LogP contribution in [0, 0.1) is 19.8 Å². The van der Waals surface area contributed by atoms with Crippen LogP contribution in [0.4, 0.5) is 0 Å². The van der Waals surface area contributed by atoms with Gasteiger partial charge in [-0.2, -0.15) is 0 Å². The molecular weight excluding hydrogens is 376 g/mol. The van der Waals surface area contributed by atoms with Crippen molar-refractivity contribution in [2.24, 2.45) is 5.92 Å². The number of H-pyrrole nitrogens is 1. The summed E-state index contributed by atoms with van der Waals surface area (Å²) in [6.07, 6.45) is 7.83. The number of nitrogens with one attached hydrogen (secondary N) is 1. The molecule has 0 amide bonds. The lowest BCUT2D eigenvalue weighted by Crippen LogP contribution is -2.30. The van der Waals surface area contributed by atoms with Crippen molar-refractivity contribution in [1.82, 2.24) is 20.1 Å². The number of hydrogen-bond acceptors (Lipinski definition) is 5. The Hall–Kier alpha value is -2.99. The fraction of sp³-hybridized carbons (Fsp3) is 0.375. The van der Waals surface area contributed by atoms with Crippen LogP contribution in [0.15, 0.2) is 41.2 Å². The average Bonchev–Trinajstić information content (AvgIpc) is 3.68. The van der Waals surface area contributed by atoms with Gasteiger partial charge in [-0.05, 0) is 69.2 Å². The molecule has 0 aliphatic heterocycles. The van der Waals surface area contributed by atoms with E-state index in [1.165, 1.54) is 12.8 Å². The first-order chi connectivity index (χ1) is 14.6. The summed E-state index contributed by atoms with van der Waals surface area (Å²) >= 11 is 0. The van der Waals surface area contributed by atoms with Crippen molar-refractivity contribution in [1.29, 1.82) is 0 Å². The Kier molecular flexibility index (Phi) is 3.72. The molecular formula is C24H24N4O2. The zero-order valence-electron chi connectivity index (χ0n) is 17.1. The third-order valence-corrected chi connectivity index (χ3v) is 6.57. The zero-order valence-corrected chi connectivity index (χ0v) is 17.1. The SMILES string of the molecule is Cc1noc(C)c1-c1cc(C(O)(c2cccnc2)C2CC2)c2nc(C3CC3)[nH]c2c1. The Balaban J connectivity index is 1.65. The molecule has 6 heteroatoms. The molecule has 0 spiro atoms. The molecule has 0 saturated heterocycles. The van der Waals surface area contributed by atoms with Crippen LogP contribution in [0.2, 0.25) is 0 Å². The molecule has 1 aromatic carbocycles. The van der Waals surface area contributed by atoms with Crippen LogP contribution in [0.5, 0.6) is 0 Å². The lowest BCUT2D eigenvalue weighted by atomic mass is 9.81. The van der Waals surface area contributed by atoms with Crippen molar-refractivity contribution in [3.63, 3.8) is 0 Å². The van der Waals surface area contributed by atoms with Gasteiger partial charge in [0.25, 0.3) is 0 Å². The van der Waals surface area contributed by atoms with Crippen molar-refractivity contribution in [3.8, 4) is 11.1 Å². The monoisotopic (exact) mass is 400 g/mol. The van der Waals surface area contributed by atoms with Crippen LogP contribution in [0.3, 0.4) is 0 Å². The quantitative estimate of drug-likeness (QED) is 0.505. The number of rotatable bonds is 5. The van der Waals surface area contributed by atoms with Gasteiger partial charge in [0.1, 0.15) is 17.2 Å². The van der Waals surface area contributed by atoms with Crippen molar-refractivity contribution in [3.05, 3.63) is 65.1 Å². The highest BCUT2D eigenvalue weighted by atomic mass is 16.5. The van der Waals surface area contributed by atoms with Crippen molar-refractivity contribution in [2.45, 2.75) is 51.0 Å². The Morgan fingerprint density at radius 1 is 1.17 bits per heavy atom. The van der Waals surface area contributed by atoms with Crippen LogP contribution >= 0.6 is 0 Å². The normalized spacial score (nSPS) is 18.6. The van der Waals surface area contributed by atoms with E-state index >= 15 is 0 Å². The first-order valence-corrected chi connectivity index (χ1v) is 10.7. The zero-order chi connectivity index (χ0) is 20.5. The van der Waals surface area contributed by atoms with E-state index in [0.29, 0.717) is 5.92 Å². The summed E-state index contributed by atoms with van der Waals surface area (Å²) in [7, 11) is 0. The molecule has 1 atom stereocenters. The maximum absolute atomic E-state index is 12.2. The number of fused-ring (bicyclic) bond motifs is 1. The van der Waals surface area contributed by atoms with Crippen molar-refractivity contribution >= 4 is 11.0 Å². The van der Waals surface area contributed by atoms with Gasteiger partial charge < -0.3 is 14.6 Å². The summed E-state index contributed by atoms with van der Waals surface area (Å²) in [6, 6.07) is 8.05. The molecule has 1 unspecified atom stereocenters. The van der Waals surface area contributed by atoms with E-state index in [1.54, 1.807) is 12.4 Å². The van der Waals surface area contributed by atoms with Crippen LogP contribution in [-0.2, 0) is 5.60 Å². The first-order valence-electron chi connectivity index (χ1n) is 10.7. The standard InChI is InChI=1S/C24H24N4O2/c1-13-21(14(2)30-28-13)16-10-19(22-20(11-16)26-23(27-22)15-5-6-15)24(29,17-7-8-17)18-4-3-9-25-12-18/h3-4,9-12,15,17,29H,5-8H2,1-2H3,(H,26,27). The van der Waals surface area contributed by atoms with Gasteiger partial charge in [-0.1, -0.05) is 11.2 Å². The van der Waals surface area contributed by atoms with Gasteiger partial charge in [0.05, 0.1) is 16.7 Å². The fourth-order valence-electron chi connectivity index (χ4n) is 4.72. The number of aliphatic hydroxyl groups is 1. The Bertz CT molecular complexity index is 1230. The predicted octanol–water partition coefficient (Wildman–Crippen LogP) is 4.75. The van der Waals surface area contributed by atoms with Gasteiger partial charge in [-0.25, -0.2) is 4.98 Å². The van der Waals surface area contributed by atoms with E-state index in [1.807, 2.05) is 26.0 Å². The van der Waals surface area contributed by atoms with Gasteiger partial charge in [0.2, 0.25) is 0 Å². The molecule has 0 radical (unpaired) electrons. The van der Waals surface area contributed by atoms with Gasteiger partial charge in [-0.15, -0.1) is 0 Å². The van der Waals surface area contributed by atoms with Crippen LogP contribution in [-0.4, -0.2) is 25.2 Å². The number of pyridine rings is 1. The second-order valence-electron chi connectivity index (χ2n) is 8.80. The predicted molar refractivity (Wildman–Crippen MR) is 113 cm³/mol. The number of hydrogen-bond donors (Lipinski definition) is 2. The van der Waals surface area contributed by atoms with E-state index in [2.05, 4.69) is 27.3 Å². The summed E-state index contributed by atoms with van der Waals surface area (Å²) < 4.78 is 5.44. The summed E-state index contributed by atoms with van der Waals surface area (Å²) in [4.78, 5) is 12.8. The summed E-state index contributed by atoms with van der Waals surface area (Å²) in [5.74, 6) is 2.45. The minimum atomic E-state index is -1.13. The van der Waals surface area contributed by atoms with Gasteiger partial charge in [0, 0.05) is 35.0 Å². The molecule has 3 heterocycles. The highest BCUT2D eigenvalue weighted by Gasteiger charge is 2.48. The Labute approximate surface area is 174 Å². The number of aryl methyl sites for hydroxylation is 2. The number of nitrogens with zero attached hydrogens (tertiary/aromatic N) is 3. The van der Waals surface area contributed by atoms with E-state index in [0.717, 1.165) is 63.4 Å². The molecule has 2 saturated carbocycles. The molecule has 6 nitrogen and oxygen atoms in total. The third-order valence-electron chi connectivity index (χ3n) is 6.57. The number of aromatic amines is 1. The Morgan fingerprint density at radius 3 is 2.63 bits per heavy atom. The molecule has 30 heavy (non-hydrogen) atoms. The van der Waals surface area contributed by atoms with E-state index in [-0.39, 0.29) is 5.92 Å². The van der Waals surface area contributed by atoms with Gasteiger partial charge in [0.15, 0.2) is 0 Å². The maximum Gasteiger partial charge on any atom is 0.141 e. The molecule has 2 N–H and O–H groups in total. The highest BCUT2D eigenvalue weighted by molar-refractivity contribution is 5.87.